The van der Waals surface area contributed by atoms with Gasteiger partial charge in [0.25, 0.3) is 5.91 Å². The van der Waals surface area contributed by atoms with Crippen LogP contribution in [-0.4, -0.2) is 50.1 Å². The lowest BCUT2D eigenvalue weighted by atomic mass is 10.2. The number of hydrogen-bond acceptors (Lipinski definition) is 6. The Morgan fingerprint density at radius 1 is 1.06 bits per heavy atom. The van der Waals surface area contributed by atoms with Crippen LogP contribution in [0.25, 0.3) is 5.69 Å². The molecule has 1 amide bonds. The molecule has 9 nitrogen and oxygen atoms in total. The summed E-state index contributed by atoms with van der Waals surface area (Å²) in [6, 6.07) is 13.7. The van der Waals surface area contributed by atoms with E-state index in [9.17, 15) is 21.6 Å². The molecular weight excluding hydrogens is 440 g/mol. The minimum absolute atomic E-state index is 0.00151. The molecule has 0 unspecified atom stereocenters. The molecule has 1 aromatic heterocycles. The molecule has 2 heterocycles. The van der Waals surface area contributed by atoms with Crippen molar-refractivity contribution in [2.45, 2.75) is 17.4 Å². The Kier molecular flexibility index (Phi) is 5.65. The first kappa shape index (κ1) is 21.2. The van der Waals surface area contributed by atoms with Gasteiger partial charge >= 0.3 is 0 Å². The highest BCUT2D eigenvalue weighted by Gasteiger charge is 2.31. The first-order chi connectivity index (χ1) is 14.7. The summed E-state index contributed by atoms with van der Waals surface area (Å²) in [4.78, 5) is 12.5. The Morgan fingerprint density at radius 3 is 2.35 bits per heavy atom. The van der Waals surface area contributed by atoms with E-state index in [4.69, 9.17) is 0 Å². The summed E-state index contributed by atoms with van der Waals surface area (Å²) in [5, 5.41) is 6.85. The van der Waals surface area contributed by atoms with E-state index in [0.717, 1.165) is 5.69 Å². The van der Waals surface area contributed by atoms with Crippen LogP contribution in [0.3, 0.4) is 0 Å². The van der Waals surface area contributed by atoms with Crippen molar-refractivity contribution in [2.75, 3.05) is 16.8 Å². The second-order valence-electron chi connectivity index (χ2n) is 7.20. The van der Waals surface area contributed by atoms with Crippen LogP contribution in [0.5, 0.6) is 0 Å². The quantitative estimate of drug-likeness (QED) is 0.575. The summed E-state index contributed by atoms with van der Waals surface area (Å²) < 4.78 is 52.1. The van der Waals surface area contributed by atoms with Crippen LogP contribution in [0, 0.1) is 0 Å². The lowest BCUT2D eigenvalue weighted by Gasteiger charge is -2.12. The second-order valence-corrected chi connectivity index (χ2v) is 11.1. The molecule has 162 valence electrons. The molecule has 2 aromatic carbocycles. The number of carbonyl (C=O) groups excluding carboxylic acids is 1. The molecule has 1 fully saturated rings. The minimum atomic E-state index is -3.85. The van der Waals surface area contributed by atoms with Gasteiger partial charge < -0.3 is 5.32 Å². The summed E-state index contributed by atoms with van der Waals surface area (Å²) in [6.07, 6.45) is 3.72. The molecule has 0 saturated carbocycles. The number of sulfone groups is 1. The fourth-order valence-corrected chi connectivity index (χ4v) is 6.33. The lowest BCUT2D eigenvalue weighted by Crippen LogP contribution is -2.35. The molecule has 11 heteroatoms. The molecule has 1 aliphatic heterocycles. The van der Waals surface area contributed by atoms with Crippen molar-refractivity contribution >= 4 is 31.5 Å². The van der Waals surface area contributed by atoms with E-state index >= 15 is 0 Å². The largest absolute Gasteiger partial charge is 0.322 e. The molecule has 0 spiro atoms. The SMILES string of the molecule is O=C(Nc1ccc(S(=O)(=O)N[C@@H]2CCS(=O)(=O)C2)cc1)c1ccc(-n2cccn2)cc1. The predicted octanol–water partition coefficient (Wildman–Crippen LogP) is 1.59. The van der Waals surface area contributed by atoms with Crippen molar-refractivity contribution in [3.05, 3.63) is 72.6 Å². The van der Waals surface area contributed by atoms with Crippen LogP contribution in [0.1, 0.15) is 16.8 Å². The maximum absolute atomic E-state index is 12.5. The number of rotatable bonds is 6. The highest BCUT2D eigenvalue weighted by Crippen LogP contribution is 2.18. The van der Waals surface area contributed by atoms with Gasteiger partial charge in [-0.3, -0.25) is 4.79 Å². The Labute approximate surface area is 180 Å². The van der Waals surface area contributed by atoms with E-state index in [1.807, 2.05) is 0 Å². The predicted molar refractivity (Wildman–Crippen MR) is 115 cm³/mol. The van der Waals surface area contributed by atoms with E-state index in [1.165, 1.54) is 24.3 Å². The van der Waals surface area contributed by atoms with Gasteiger partial charge in [-0.25, -0.2) is 26.2 Å². The van der Waals surface area contributed by atoms with Crippen molar-refractivity contribution in [1.29, 1.82) is 0 Å². The van der Waals surface area contributed by atoms with Gasteiger partial charge in [-0.1, -0.05) is 0 Å². The van der Waals surface area contributed by atoms with E-state index in [0.29, 0.717) is 11.3 Å². The highest BCUT2D eigenvalue weighted by atomic mass is 32.2. The minimum Gasteiger partial charge on any atom is -0.322 e. The molecule has 0 aliphatic carbocycles. The fraction of sp³-hybridized carbons (Fsp3) is 0.200. The van der Waals surface area contributed by atoms with Gasteiger partial charge in [0.1, 0.15) is 0 Å². The van der Waals surface area contributed by atoms with Crippen LogP contribution < -0.4 is 10.0 Å². The first-order valence-corrected chi connectivity index (χ1v) is 12.8. The van der Waals surface area contributed by atoms with Crippen molar-refractivity contribution in [3.63, 3.8) is 0 Å². The van der Waals surface area contributed by atoms with Crippen LogP contribution in [-0.2, 0) is 19.9 Å². The monoisotopic (exact) mass is 460 g/mol. The number of anilines is 1. The van der Waals surface area contributed by atoms with Crippen LogP contribution in [0.15, 0.2) is 71.9 Å². The van der Waals surface area contributed by atoms with Crippen molar-refractivity contribution in [3.8, 4) is 5.69 Å². The first-order valence-electron chi connectivity index (χ1n) is 9.46. The fourth-order valence-electron chi connectivity index (χ4n) is 3.28. The third kappa shape index (κ3) is 5.01. The van der Waals surface area contributed by atoms with Gasteiger partial charge in [0, 0.05) is 29.7 Å². The van der Waals surface area contributed by atoms with Crippen molar-refractivity contribution in [1.82, 2.24) is 14.5 Å². The van der Waals surface area contributed by atoms with Crippen LogP contribution >= 0.6 is 0 Å². The summed E-state index contributed by atoms with van der Waals surface area (Å²) in [5.41, 5.74) is 1.69. The number of benzene rings is 2. The molecule has 0 bridgehead atoms. The standard InChI is InChI=1S/C20H20N4O5S2/c25-20(15-2-6-18(7-3-15)24-12-1-11-21-24)22-16-4-8-19(9-5-16)31(28,29)23-17-10-13-30(26,27)14-17/h1-9,11-12,17,23H,10,13-14H2,(H,22,25)/t17-/m1/s1. The smallest absolute Gasteiger partial charge is 0.255 e. The maximum atomic E-state index is 12.5. The van der Waals surface area contributed by atoms with Crippen molar-refractivity contribution < 1.29 is 21.6 Å². The number of sulfonamides is 1. The van der Waals surface area contributed by atoms with Crippen LogP contribution in [0.4, 0.5) is 5.69 Å². The summed E-state index contributed by atoms with van der Waals surface area (Å²) in [6.45, 7) is 0. The number of nitrogens with one attached hydrogen (secondary N) is 2. The molecule has 4 rings (SSSR count). The van der Waals surface area contributed by atoms with E-state index in [-0.39, 0.29) is 28.7 Å². The maximum Gasteiger partial charge on any atom is 0.255 e. The molecule has 0 radical (unpaired) electrons. The summed E-state index contributed by atoms with van der Waals surface area (Å²) in [5.74, 6) is -0.551. The highest BCUT2D eigenvalue weighted by molar-refractivity contribution is 7.92. The van der Waals surface area contributed by atoms with Gasteiger partial charge in [-0.2, -0.15) is 5.10 Å². The van der Waals surface area contributed by atoms with Crippen LogP contribution in [0.2, 0.25) is 0 Å². The summed E-state index contributed by atoms with van der Waals surface area (Å²) in [7, 11) is -7.04. The molecule has 1 aliphatic rings. The second kappa shape index (κ2) is 8.25. The molecule has 2 N–H and O–H groups in total. The zero-order valence-electron chi connectivity index (χ0n) is 16.3. The summed E-state index contributed by atoms with van der Waals surface area (Å²) >= 11 is 0. The molecule has 1 atom stereocenters. The molecular formula is C20H20N4O5S2. The number of carbonyl (C=O) groups is 1. The lowest BCUT2D eigenvalue weighted by molar-refractivity contribution is 0.102. The van der Waals surface area contributed by atoms with Crippen molar-refractivity contribution in [2.24, 2.45) is 0 Å². The normalized spacial score (nSPS) is 18.0. The van der Waals surface area contributed by atoms with Gasteiger partial charge in [0.05, 0.1) is 22.1 Å². The number of nitrogens with zero attached hydrogens (tertiary/aromatic N) is 2. The Balaban J connectivity index is 1.40. The Hall–Kier alpha value is -3.02. The average molecular weight is 461 g/mol. The topological polar surface area (TPSA) is 127 Å². The van der Waals surface area contributed by atoms with E-state index in [2.05, 4.69) is 15.1 Å². The average Bonchev–Trinajstić information content (AvgIpc) is 3.38. The zero-order valence-corrected chi connectivity index (χ0v) is 17.9. The van der Waals surface area contributed by atoms with E-state index in [1.54, 1.807) is 47.4 Å². The number of amides is 1. The van der Waals surface area contributed by atoms with Gasteiger partial charge in [-0.05, 0) is 61.0 Å². The third-order valence-corrected chi connectivity index (χ3v) is 8.18. The number of aromatic nitrogens is 2. The third-order valence-electron chi connectivity index (χ3n) is 4.88. The van der Waals surface area contributed by atoms with Gasteiger partial charge in [0.15, 0.2) is 9.84 Å². The molecule has 31 heavy (non-hydrogen) atoms. The Morgan fingerprint density at radius 2 is 1.77 bits per heavy atom. The zero-order chi connectivity index (χ0) is 22.1. The van der Waals surface area contributed by atoms with E-state index < -0.39 is 25.9 Å². The molecule has 1 saturated heterocycles. The van der Waals surface area contributed by atoms with Gasteiger partial charge in [-0.15, -0.1) is 0 Å². The Bertz CT molecular complexity index is 1280. The number of hydrogen-bond donors (Lipinski definition) is 2. The van der Waals surface area contributed by atoms with Gasteiger partial charge in [0.2, 0.25) is 10.0 Å². The molecule has 3 aromatic rings.